The molecule has 0 atom stereocenters. The summed E-state index contributed by atoms with van der Waals surface area (Å²) in [7, 11) is -1.40. The highest BCUT2D eigenvalue weighted by Gasteiger charge is 2.21. The van der Waals surface area contributed by atoms with Crippen molar-refractivity contribution < 1.29 is 26.4 Å². The number of esters is 1. The molecule has 7 nitrogen and oxygen atoms in total. The zero-order valence-corrected chi connectivity index (χ0v) is 26.5. The van der Waals surface area contributed by atoms with Crippen molar-refractivity contribution in [3.05, 3.63) is 85.3 Å². The number of carbonyl (C=O) groups is 1. The van der Waals surface area contributed by atoms with Gasteiger partial charge in [-0.25, -0.2) is 16.8 Å². The number of rotatable bonds is 7. The largest absolute Gasteiger partial charge is 0.469 e. The zero-order valence-electron chi connectivity index (χ0n) is 20.4. The second-order valence-corrected chi connectivity index (χ2v) is 13.8. The number of unbranched alkanes of at least 4 members (excludes halogenated alkanes) is 1. The van der Waals surface area contributed by atoms with Gasteiger partial charge in [0.15, 0.2) is 0 Å². The van der Waals surface area contributed by atoms with Crippen LogP contribution in [0.1, 0.15) is 24.8 Å². The molecule has 0 aromatic heterocycles. The van der Waals surface area contributed by atoms with Gasteiger partial charge < -0.3 is 4.74 Å². The fourth-order valence-electron chi connectivity index (χ4n) is 2.85. The van der Waals surface area contributed by atoms with Gasteiger partial charge in [0.05, 0.1) is 38.5 Å². The highest BCUT2D eigenvalue weighted by atomic mass is 35.7. The molecular weight excluding hydrogens is 687 g/mol. The lowest BCUT2D eigenvalue weighted by molar-refractivity contribution is -0.140. The van der Waals surface area contributed by atoms with Gasteiger partial charge in [-0.15, -0.1) is 0 Å². The molecule has 0 saturated heterocycles. The van der Waals surface area contributed by atoms with Crippen LogP contribution in [0.2, 0.25) is 25.1 Å². The fourth-order valence-corrected chi connectivity index (χ4v) is 6.60. The Balaban J connectivity index is 0.000000389. The highest BCUT2D eigenvalue weighted by molar-refractivity contribution is 8.13. The van der Waals surface area contributed by atoms with Gasteiger partial charge in [0.25, 0.3) is 19.1 Å². The quantitative estimate of drug-likeness (QED) is 0.115. The van der Waals surface area contributed by atoms with Crippen LogP contribution in [0.5, 0.6) is 0 Å². The summed E-state index contributed by atoms with van der Waals surface area (Å²) in [5, 5.41) is 0.586. The summed E-state index contributed by atoms with van der Waals surface area (Å²) < 4.78 is 54.1. The molecule has 1 N–H and O–H groups in total. The molecule has 0 radical (unpaired) electrons. The molecule has 3 aromatic rings. The van der Waals surface area contributed by atoms with E-state index in [1.807, 2.05) is 0 Å². The van der Waals surface area contributed by atoms with Gasteiger partial charge in [-0.05, 0) is 48.9 Å². The molecule has 0 heterocycles. The number of benzene rings is 3. The van der Waals surface area contributed by atoms with Gasteiger partial charge >= 0.3 is 5.97 Å². The zero-order chi connectivity index (χ0) is 30.1. The van der Waals surface area contributed by atoms with Gasteiger partial charge in [-0.2, -0.15) is 0 Å². The van der Waals surface area contributed by atoms with E-state index in [4.69, 9.17) is 68.7 Å². The molecule has 3 aromatic carbocycles. The summed E-state index contributed by atoms with van der Waals surface area (Å²) in [5.74, 6) is 5.46. The Bertz CT molecular complexity index is 1670. The lowest BCUT2D eigenvalue weighted by Gasteiger charge is -2.12. The molecule has 0 unspecified atom stereocenters. The number of halogens is 6. The third-order valence-corrected chi connectivity index (χ3v) is 9.61. The Morgan fingerprint density at radius 1 is 0.875 bits per heavy atom. The first kappa shape index (κ1) is 34.3. The maximum atomic E-state index is 12.7. The van der Waals surface area contributed by atoms with Gasteiger partial charge in [0, 0.05) is 28.5 Å². The summed E-state index contributed by atoms with van der Waals surface area (Å²) in [5.41, 5.74) is 0.646. The number of hydrogen-bond acceptors (Lipinski definition) is 6. The van der Waals surface area contributed by atoms with E-state index in [9.17, 15) is 21.6 Å². The smallest absolute Gasteiger partial charge is 0.305 e. The molecule has 3 rings (SSSR count). The van der Waals surface area contributed by atoms with Crippen molar-refractivity contribution in [1.82, 2.24) is 0 Å². The van der Waals surface area contributed by atoms with Crippen molar-refractivity contribution in [2.24, 2.45) is 0 Å². The number of sulfonamides is 1. The number of nitrogens with one attached hydrogen (secondary N) is 1. The van der Waals surface area contributed by atoms with Crippen molar-refractivity contribution in [3.8, 4) is 11.8 Å². The average Bonchev–Trinajstić information content (AvgIpc) is 2.88. The highest BCUT2D eigenvalue weighted by Crippen LogP contribution is 2.32. The molecule has 40 heavy (non-hydrogen) atoms. The molecule has 0 aliphatic carbocycles. The third kappa shape index (κ3) is 10.2. The van der Waals surface area contributed by atoms with E-state index in [2.05, 4.69) is 21.3 Å². The van der Waals surface area contributed by atoms with E-state index in [1.54, 1.807) is 12.1 Å². The second kappa shape index (κ2) is 15.4. The predicted molar refractivity (Wildman–Crippen MR) is 161 cm³/mol. The lowest BCUT2D eigenvalue weighted by Crippen LogP contribution is -2.14. The van der Waals surface area contributed by atoms with Crippen LogP contribution in [0.25, 0.3) is 0 Å². The summed E-state index contributed by atoms with van der Waals surface area (Å²) in [6.07, 6.45) is 1.22. The Kier molecular flexibility index (Phi) is 13.2. The van der Waals surface area contributed by atoms with E-state index in [-0.39, 0.29) is 48.0 Å². The molecule has 0 saturated carbocycles. The molecular formula is C25H19Cl6NO6S2. The van der Waals surface area contributed by atoms with Crippen molar-refractivity contribution in [2.75, 3.05) is 11.8 Å². The van der Waals surface area contributed by atoms with Crippen LogP contribution in [0.3, 0.4) is 0 Å². The van der Waals surface area contributed by atoms with Crippen LogP contribution < -0.4 is 4.72 Å². The fraction of sp³-hybridized carbons (Fsp3) is 0.160. The normalized spacial score (nSPS) is 11.0. The molecule has 0 spiro atoms. The van der Waals surface area contributed by atoms with Gasteiger partial charge in [-0.1, -0.05) is 82.0 Å². The van der Waals surface area contributed by atoms with Crippen molar-refractivity contribution in [3.63, 3.8) is 0 Å². The minimum atomic E-state index is -3.99. The van der Waals surface area contributed by atoms with Crippen LogP contribution in [0, 0.1) is 11.8 Å². The molecule has 214 valence electrons. The van der Waals surface area contributed by atoms with Crippen LogP contribution >= 0.6 is 68.7 Å². The van der Waals surface area contributed by atoms with Crippen LogP contribution in [-0.4, -0.2) is 29.9 Å². The lowest BCUT2D eigenvalue weighted by atomic mass is 10.1. The SMILES string of the molecule is COC(=O)CCCC#Cc1cc(Cl)ccc1NS(=O)(=O)c1cccc(Cl)c1Cl.O=S(=O)(Cl)c1cccc(Cl)c1Cl. The van der Waals surface area contributed by atoms with Crippen molar-refractivity contribution in [1.29, 1.82) is 0 Å². The van der Waals surface area contributed by atoms with E-state index in [0.29, 0.717) is 23.4 Å². The van der Waals surface area contributed by atoms with Gasteiger partial charge in [-0.3, -0.25) is 9.52 Å². The summed E-state index contributed by atoms with van der Waals surface area (Å²) in [4.78, 5) is 10.8. The topological polar surface area (TPSA) is 107 Å². The number of carbonyl (C=O) groups excluding carboxylic acids is 1. The maximum Gasteiger partial charge on any atom is 0.305 e. The Hall–Kier alpha value is -1.87. The van der Waals surface area contributed by atoms with E-state index >= 15 is 0 Å². The Morgan fingerprint density at radius 3 is 2.00 bits per heavy atom. The minimum Gasteiger partial charge on any atom is -0.469 e. The summed E-state index contributed by atoms with van der Waals surface area (Å²) >= 11 is 29.1. The maximum absolute atomic E-state index is 12.7. The first-order valence-corrected chi connectivity index (χ1v) is 16.6. The molecule has 0 aliphatic rings. The minimum absolute atomic E-state index is 0.0471. The van der Waals surface area contributed by atoms with E-state index in [1.165, 1.54) is 49.6 Å². The molecule has 15 heteroatoms. The number of methoxy groups -OCH3 is 1. The molecule has 0 aliphatic heterocycles. The second-order valence-electron chi connectivity index (χ2n) is 7.57. The van der Waals surface area contributed by atoms with Crippen LogP contribution in [-0.2, 0) is 28.6 Å². The predicted octanol–water partition coefficient (Wildman–Crippen LogP) is 8.06. The standard InChI is InChI=1S/C19H16Cl3NO4S.C6H3Cl3O2S/c1-27-18(24)9-4-2-3-6-13-12-14(20)10-11-16(13)23-28(25,26)17-8-5-7-15(21)19(17)22;7-4-2-1-3-5(6(4)8)12(9,10)11/h5,7-8,10-12,23H,2,4,9H2,1H3;1-3H. The number of hydrogen-bond donors (Lipinski definition) is 1. The van der Waals surface area contributed by atoms with Crippen molar-refractivity contribution >= 4 is 99.4 Å². The third-order valence-electron chi connectivity index (χ3n) is 4.74. The van der Waals surface area contributed by atoms with E-state index in [0.717, 1.165) is 0 Å². The monoisotopic (exact) mass is 703 g/mol. The molecule has 0 bridgehead atoms. The Labute approximate surface area is 262 Å². The van der Waals surface area contributed by atoms with Crippen molar-refractivity contribution in [2.45, 2.75) is 29.1 Å². The number of ether oxygens (including phenoxy) is 1. The van der Waals surface area contributed by atoms with Crippen LogP contribution in [0.15, 0.2) is 64.4 Å². The first-order valence-electron chi connectivity index (χ1n) is 10.9. The van der Waals surface area contributed by atoms with Gasteiger partial charge in [0.1, 0.15) is 9.79 Å². The van der Waals surface area contributed by atoms with Crippen LogP contribution in [0.4, 0.5) is 5.69 Å². The molecule has 0 amide bonds. The summed E-state index contributed by atoms with van der Waals surface area (Å²) in [6, 6.07) is 13.2. The summed E-state index contributed by atoms with van der Waals surface area (Å²) in [6.45, 7) is 0. The van der Waals surface area contributed by atoms with E-state index < -0.39 is 19.1 Å². The average molecular weight is 706 g/mol. The van der Waals surface area contributed by atoms with Gasteiger partial charge in [0.2, 0.25) is 0 Å². The number of anilines is 1. The first-order chi connectivity index (χ1) is 18.7. The molecule has 0 fully saturated rings. The Morgan fingerprint density at radius 2 is 1.45 bits per heavy atom.